The fraction of sp³-hybridized carbons (Fsp3) is 1.00. The molecule has 0 saturated heterocycles. The molecule has 7 heteroatoms. The third-order valence-corrected chi connectivity index (χ3v) is 1.97. The van der Waals surface area contributed by atoms with Crippen LogP contribution in [0.15, 0.2) is 0 Å². The second kappa shape index (κ2) is 19.7. The molecule has 0 aromatic carbocycles. The smallest absolute Gasteiger partial charge is 0.151 e. The van der Waals surface area contributed by atoms with Gasteiger partial charge >= 0.3 is 0 Å². The summed E-state index contributed by atoms with van der Waals surface area (Å²) in [6, 6.07) is 0. The van der Waals surface area contributed by atoms with Crippen molar-refractivity contribution in [3.63, 3.8) is 0 Å². The van der Waals surface area contributed by atoms with Gasteiger partial charge in [-0.05, 0) is 26.7 Å². The van der Waals surface area contributed by atoms with Gasteiger partial charge in [0, 0.05) is 0 Å². The van der Waals surface area contributed by atoms with Crippen molar-refractivity contribution >= 4 is 0 Å². The first kappa shape index (κ1) is 25.7. The van der Waals surface area contributed by atoms with E-state index in [-0.39, 0.29) is 12.7 Å². The van der Waals surface area contributed by atoms with Crippen LogP contribution in [-0.2, 0) is 4.74 Å². The normalized spacial score (nSPS) is 13.1. The Labute approximate surface area is 127 Å². The van der Waals surface area contributed by atoms with Gasteiger partial charge in [-0.3, -0.25) is 0 Å². The van der Waals surface area contributed by atoms with E-state index in [4.69, 9.17) is 35.4 Å². The Bertz CT molecular complexity index is 165. The molecule has 0 heterocycles. The van der Waals surface area contributed by atoms with Crippen LogP contribution in [0.2, 0.25) is 0 Å². The lowest BCUT2D eigenvalue weighted by molar-refractivity contribution is -0.0460. The molecule has 2 atom stereocenters. The van der Waals surface area contributed by atoms with Crippen LogP contribution in [0.5, 0.6) is 0 Å². The molecule has 6 N–H and O–H groups in total. The molecule has 21 heavy (non-hydrogen) atoms. The molecule has 0 rings (SSSR count). The summed E-state index contributed by atoms with van der Waals surface area (Å²) in [4.78, 5) is 0. The molecule has 0 aliphatic carbocycles. The van der Waals surface area contributed by atoms with E-state index in [0.29, 0.717) is 19.4 Å². The zero-order valence-corrected chi connectivity index (χ0v) is 13.6. The Morgan fingerprint density at radius 1 is 0.810 bits per heavy atom. The van der Waals surface area contributed by atoms with Crippen LogP contribution < -0.4 is 0 Å². The third-order valence-electron chi connectivity index (χ3n) is 1.97. The Kier molecular flexibility index (Phi) is 24.1. The zero-order chi connectivity index (χ0) is 17.3. The fourth-order valence-corrected chi connectivity index (χ4v) is 0.873. The molecule has 0 aromatic heterocycles. The van der Waals surface area contributed by atoms with Crippen molar-refractivity contribution in [3.8, 4) is 0 Å². The Hall–Kier alpha value is -0.280. The first-order chi connectivity index (χ1) is 9.70. The molecule has 0 radical (unpaired) electrons. The zero-order valence-electron chi connectivity index (χ0n) is 13.6. The Morgan fingerprint density at radius 3 is 1.33 bits per heavy atom. The van der Waals surface area contributed by atoms with E-state index in [0.717, 1.165) is 12.8 Å². The highest BCUT2D eigenvalue weighted by atomic mass is 16.5. The summed E-state index contributed by atoms with van der Waals surface area (Å²) >= 11 is 0. The van der Waals surface area contributed by atoms with Gasteiger partial charge in [0.1, 0.15) is 0 Å². The number of rotatable bonds is 8. The molecule has 0 aliphatic heterocycles. The molecular formula is C14H34O7. The van der Waals surface area contributed by atoms with Crippen molar-refractivity contribution in [1.29, 1.82) is 0 Å². The van der Waals surface area contributed by atoms with Crippen molar-refractivity contribution in [2.75, 3.05) is 13.2 Å². The van der Waals surface area contributed by atoms with Crippen LogP contribution in [0.1, 0.15) is 53.4 Å². The summed E-state index contributed by atoms with van der Waals surface area (Å²) in [7, 11) is 0. The van der Waals surface area contributed by atoms with Crippen molar-refractivity contribution in [3.05, 3.63) is 0 Å². The minimum Gasteiger partial charge on any atom is -0.394 e. The quantitative estimate of drug-likeness (QED) is 0.347. The van der Waals surface area contributed by atoms with Gasteiger partial charge in [-0.25, -0.2) is 0 Å². The van der Waals surface area contributed by atoms with E-state index in [1.807, 2.05) is 13.8 Å². The first-order valence-corrected chi connectivity index (χ1v) is 7.33. The van der Waals surface area contributed by atoms with Gasteiger partial charge in [0.05, 0.1) is 25.4 Å². The van der Waals surface area contributed by atoms with Gasteiger partial charge in [-0.2, -0.15) is 0 Å². The second-order valence-electron chi connectivity index (χ2n) is 4.71. The monoisotopic (exact) mass is 314 g/mol. The molecule has 7 nitrogen and oxygen atoms in total. The standard InChI is InChI=1S/C6H14O3.2C4H10O2/c1-5(8)4-9-6(2)3-7;2*1-2-3-4(5)6/h5-8H,3-4H2,1-2H3;2*4-6H,2-3H2,1H3. The molecular weight excluding hydrogens is 280 g/mol. The summed E-state index contributed by atoms with van der Waals surface area (Å²) in [5, 5.41) is 49.6. The van der Waals surface area contributed by atoms with E-state index in [1.165, 1.54) is 0 Å². The average Bonchev–Trinajstić information content (AvgIpc) is 2.37. The highest BCUT2D eigenvalue weighted by molar-refractivity contribution is 4.47. The van der Waals surface area contributed by atoms with Gasteiger partial charge in [-0.15, -0.1) is 0 Å². The van der Waals surface area contributed by atoms with Crippen LogP contribution >= 0.6 is 0 Å². The van der Waals surface area contributed by atoms with Gasteiger partial charge in [0.25, 0.3) is 0 Å². The van der Waals surface area contributed by atoms with E-state index in [9.17, 15) is 0 Å². The molecule has 132 valence electrons. The van der Waals surface area contributed by atoms with Crippen molar-refractivity contribution in [2.45, 2.75) is 78.2 Å². The predicted octanol–water partition coefficient (Wildman–Crippen LogP) is -0.0410. The number of ether oxygens (including phenoxy) is 1. The molecule has 0 aromatic rings. The maximum Gasteiger partial charge on any atom is 0.151 e. The van der Waals surface area contributed by atoms with Crippen molar-refractivity contribution in [2.24, 2.45) is 0 Å². The molecule has 0 aliphatic rings. The van der Waals surface area contributed by atoms with E-state index in [1.54, 1.807) is 13.8 Å². The summed E-state index contributed by atoms with van der Waals surface area (Å²) in [6.07, 6.45) is -0.182. The van der Waals surface area contributed by atoms with E-state index < -0.39 is 18.7 Å². The van der Waals surface area contributed by atoms with Gasteiger partial charge in [-0.1, -0.05) is 26.7 Å². The maximum atomic E-state index is 8.69. The fourth-order valence-electron chi connectivity index (χ4n) is 0.873. The van der Waals surface area contributed by atoms with Crippen molar-refractivity contribution < 1.29 is 35.4 Å². The van der Waals surface area contributed by atoms with E-state index >= 15 is 0 Å². The number of aliphatic hydroxyl groups is 6. The highest BCUT2D eigenvalue weighted by Gasteiger charge is 2.00. The van der Waals surface area contributed by atoms with E-state index in [2.05, 4.69) is 0 Å². The van der Waals surface area contributed by atoms with Crippen molar-refractivity contribution in [1.82, 2.24) is 0 Å². The van der Waals surface area contributed by atoms with Gasteiger partial charge < -0.3 is 35.4 Å². The van der Waals surface area contributed by atoms with Crippen LogP contribution in [0.25, 0.3) is 0 Å². The minimum absolute atomic E-state index is 0.00667. The second-order valence-corrected chi connectivity index (χ2v) is 4.71. The topological polar surface area (TPSA) is 131 Å². The average molecular weight is 314 g/mol. The molecule has 0 bridgehead atoms. The predicted molar refractivity (Wildman–Crippen MR) is 80.4 cm³/mol. The number of aliphatic hydroxyl groups excluding tert-OH is 4. The van der Waals surface area contributed by atoms with Gasteiger partial charge in [0.15, 0.2) is 12.6 Å². The highest BCUT2D eigenvalue weighted by Crippen LogP contribution is 1.90. The van der Waals surface area contributed by atoms with Crippen LogP contribution in [0.3, 0.4) is 0 Å². The van der Waals surface area contributed by atoms with Crippen LogP contribution in [0, 0.1) is 0 Å². The SMILES string of the molecule is CC(O)COC(C)CO.CCCC(O)O.CCCC(O)O. The number of hydrogen-bond donors (Lipinski definition) is 6. The molecule has 0 amide bonds. The lowest BCUT2D eigenvalue weighted by Crippen LogP contribution is -2.19. The lowest BCUT2D eigenvalue weighted by Gasteiger charge is -2.10. The molecule has 0 spiro atoms. The maximum absolute atomic E-state index is 8.69. The molecule has 2 unspecified atom stereocenters. The summed E-state index contributed by atoms with van der Waals surface area (Å²) in [5.74, 6) is 0. The molecule has 0 fully saturated rings. The molecule has 0 saturated carbocycles. The Morgan fingerprint density at radius 2 is 1.19 bits per heavy atom. The largest absolute Gasteiger partial charge is 0.394 e. The minimum atomic E-state index is -1.10. The Balaban J connectivity index is -0.000000240. The third kappa shape index (κ3) is 38.3. The van der Waals surface area contributed by atoms with Gasteiger partial charge in [0.2, 0.25) is 0 Å². The first-order valence-electron chi connectivity index (χ1n) is 7.33. The summed E-state index contributed by atoms with van der Waals surface area (Å²) < 4.78 is 4.95. The van der Waals surface area contributed by atoms with Crippen LogP contribution in [-0.4, -0.2) is 68.6 Å². The number of hydrogen-bond acceptors (Lipinski definition) is 7. The summed E-state index contributed by atoms with van der Waals surface area (Å²) in [5.41, 5.74) is 0. The lowest BCUT2D eigenvalue weighted by atomic mass is 10.3. The van der Waals surface area contributed by atoms with Crippen LogP contribution in [0.4, 0.5) is 0 Å². The summed E-state index contributed by atoms with van der Waals surface area (Å²) in [6.45, 7) is 7.50.